The van der Waals surface area contributed by atoms with E-state index in [1.807, 2.05) is 0 Å². The van der Waals surface area contributed by atoms with Gasteiger partial charge in [0.05, 0.1) is 11.5 Å². The number of nitrogens with two attached hydrogens (primary N) is 1. The van der Waals surface area contributed by atoms with Crippen LogP contribution in [0.3, 0.4) is 0 Å². The first kappa shape index (κ1) is 11.7. The molecule has 1 amide bonds. The summed E-state index contributed by atoms with van der Waals surface area (Å²) in [5.41, 5.74) is 4.83. The zero-order valence-corrected chi connectivity index (χ0v) is 8.03. The molecule has 0 atom stereocenters. The van der Waals surface area contributed by atoms with Gasteiger partial charge < -0.3 is 5.73 Å². The van der Waals surface area contributed by atoms with Crippen LogP contribution in [0.1, 0.15) is 6.42 Å². The first-order chi connectivity index (χ1) is 5.42. The molecule has 0 unspecified atom stereocenters. The lowest BCUT2D eigenvalue weighted by Crippen LogP contribution is -2.14. The fourth-order valence-electron chi connectivity index (χ4n) is 0.516. The van der Waals surface area contributed by atoms with Gasteiger partial charge in [0.1, 0.15) is 0 Å². The average Bonchev–Trinajstić information content (AvgIpc) is 1.83. The van der Waals surface area contributed by atoms with Crippen LogP contribution in [0, 0.1) is 0 Å². The van der Waals surface area contributed by atoms with Gasteiger partial charge in [0.15, 0.2) is 0 Å². The monoisotopic (exact) mass is 213 g/mol. The molecule has 0 heterocycles. The van der Waals surface area contributed by atoms with Crippen molar-refractivity contribution in [3.63, 3.8) is 0 Å². The molecule has 0 saturated carbocycles. The summed E-state index contributed by atoms with van der Waals surface area (Å²) in [4.78, 5) is 10.2. The lowest BCUT2D eigenvalue weighted by Gasteiger charge is -1.96. The van der Waals surface area contributed by atoms with Crippen LogP contribution in [0.15, 0.2) is 0 Å². The summed E-state index contributed by atoms with van der Waals surface area (Å²) in [5, 5.41) is 0. The molecule has 72 valence electrons. The predicted molar refractivity (Wildman–Crippen MR) is 47.6 cm³/mol. The van der Waals surface area contributed by atoms with E-state index in [4.69, 9.17) is 10.3 Å². The minimum atomic E-state index is -3.85. The van der Waals surface area contributed by atoms with E-state index in [0.29, 0.717) is 12.2 Å². The van der Waals surface area contributed by atoms with E-state index in [0.717, 1.165) is 0 Å². The summed E-state index contributed by atoms with van der Waals surface area (Å²) in [5.74, 6) is -0.000628. The van der Waals surface area contributed by atoms with Crippen molar-refractivity contribution in [3.8, 4) is 0 Å². The quantitative estimate of drug-likeness (QED) is 0.457. The summed E-state index contributed by atoms with van der Waals surface area (Å²) in [7, 11) is -3.85. The molecule has 0 radical (unpaired) electrons. The summed E-state index contributed by atoms with van der Waals surface area (Å²) < 4.78 is 28.7. The molecule has 0 bridgehead atoms. The lowest BCUT2D eigenvalue weighted by molar-refractivity contribution is -0.115. The van der Waals surface area contributed by atoms with Crippen molar-refractivity contribution in [1.82, 2.24) is 0 Å². The second kappa shape index (κ2) is 5.39. The molecule has 0 aromatic rings. The first-order valence-electron chi connectivity index (χ1n) is 3.23. The number of primary amides is 1. The van der Waals surface area contributed by atoms with Gasteiger partial charge in [-0.25, -0.2) is 0 Å². The van der Waals surface area contributed by atoms with E-state index in [2.05, 4.69) is 0 Å². The molecular formula is C5H11NO4S2. The Hall–Kier alpha value is -0.270. The second-order valence-electron chi connectivity index (χ2n) is 2.16. The van der Waals surface area contributed by atoms with Crippen LogP contribution in [0.4, 0.5) is 0 Å². The Labute approximate surface area is 75.5 Å². The number of carbonyl (C=O) groups excluding carboxylic acids is 1. The average molecular weight is 213 g/mol. The van der Waals surface area contributed by atoms with E-state index in [-0.39, 0.29) is 11.5 Å². The summed E-state index contributed by atoms with van der Waals surface area (Å²) in [6.45, 7) is 0. The Morgan fingerprint density at radius 3 is 2.50 bits per heavy atom. The van der Waals surface area contributed by atoms with Gasteiger partial charge >= 0.3 is 0 Å². The van der Waals surface area contributed by atoms with E-state index < -0.39 is 16.0 Å². The van der Waals surface area contributed by atoms with E-state index in [1.165, 1.54) is 11.8 Å². The van der Waals surface area contributed by atoms with Crippen molar-refractivity contribution in [2.75, 3.05) is 17.3 Å². The molecule has 7 heteroatoms. The molecule has 0 fully saturated rings. The summed E-state index contributed by atoms with van der Waals surface area (Å²) >= 11 is 1.25. The van der Waals surface area contributed by atoms with Gasteiger partial charge in [-0.05, 0) is 12.2 Å². The van der Waals surface area contributed by atoms with Gasteiger partial charge in [-0.1, -0.05) is 0 Å². The molecule has 3 N–H and O–H groups in total. The Morgan fingerprint density at radius 2 is 2.08 bits per heavy atom. The Morgan fingerprint density at radius 1 is 1.50 bits per heavy atom. The van der Waals surface area contributed by atoms with E-state index in [9.17, 15) is 13.2 Å². The highest BCUT2D eigenvalue weighted by Gasteiger charge is 2.03. The zero-order chi connectivity index (χ0) is 9.61. The minimum absolute atomic E-state index is 0.186. The maximum atomic E-state index is 10.2. The van der Waals surface area contributed by atoms with E-state index >= 15 is 0 Å². The van der Waals surface area contributed by atoms with Crippen LogP contribution in [-0.4, -0.2) is 36.1 Å². The summed E-state index contributed by atoms with van der Waals surface area (Å²) in [6.07, 6.45) is 0.330. The Balaban J connectivity index is 3.29. The van der Waals surface area contributed by atoms with Gasteiger partial charge in [0, 0.05) is 0 Å². The van der Waals surface area contributed by atoms with Gasteiger partial charge in [-0.3, -0.25) is 9.35 Å². The van der Waals surface area contributed by atoms with Gasteiger partial charge in [0.25, 0.3) is 10.1 Å². The van der Waals surface area contributed by atoms with Crippen LogP contribution in [0.25, 0.3) is 0 Å². The largest absolute Gasteiger partial charge is 0.369 e. The van der Waals surface area contributed by atoms with Crippen molar-refractivity contribution < 1.29 is 17.8 Å². The fraction of sp³-hybridized carbons (Fsp3) is 0.800. The molecule has 0 rings (SSSR count). The van der Waals surface area contributed by atoms with Gasteiger partial charge in [-0.2, -0.15) is 20.2 Å². The van der Waals surface area contributed by atoms with E-state index in [1.54, 1.807) is 0 Å². The normalized spacial score (nSPS) is 11.4. The topological polar surface area (TPSA) is 97.5 Å². The van der Waals surface area contributed by atoms with Crippen LogP contribution < -0.4 is 5.73 Å². The van der Waals surface area contributed by atoms with Crippen molar-refractivity contribution in [2.45, 2.75) is 6.42 Å². The van der Waals surface area contributed by atoms with Crippen LogP contribution in [0.5, 0.6) is 0 Å². The molecule has 0 saturated heterocycles. The highest BCUT2D eigenvalue weighted by molar-refractivity contribution is 7.99. The number of thioether (sulfide) groups is 1. The fourth-order valence-corrected chi connectivity index (χ4v) is 1.90. The third-order valence-corrected chi connectivity index (χ3v) is 2.81. The highest BCUT2D eigenvalue weighted by Crippen LogP contribution is 2.02. The number of carbonyl (C=O) groups is 1. The van der Waals surface area contributed by atoms with Crippen LogP contribution in [-0.2, 0) is 14.9 Å². The Bertz CT molecular complexity index is 236. The van der Waals surface area contributed by atoms with Crippen LogP contribution >= 0.6 is 11.8 Å². The molecule has 0 aliphatic heterocycles. The van der Waals surface area contributed by atoms with Crippen molar-refractivity contribution >= 4 is 27.8 Å². The molecule has 12 heavy (non-hydrogen) atoms. The van der Waals surface area contributed by atoms with Crippen molar-refractivity contribution in [1.29, 1.82) is 0 Å². The molecule has 0 spiro atoms. The number of amides is 1. The standard InChI is InChI=1S/C5H11NO4S2/c6-5(7)4-11-2-1-3-12(8,9)10/h1-4H2,(H2,6,7)(H,8,9,10). The third kappa shape index (κ3) is 9.73. The zero-order valence-electron chi connectivity index (χ0n) is 6.39. The van der Waals surface area contributed by atoms with Gasteiger partial charge in [-0.15, -0.1) is 0 Å². The molecule has 0 aromatic carbocycles. The number of hydrogen-bond acceptors (Lipinski definition) is 4. The predicted octanol–water partition coefficient (Wildman–Crippen LogP) is -0.517. The maximum absolute atomic E-state index is 10.2. The van der Waals surface area contributed by atoms with Crippen molar-refractivity contribution in [2.24, 2.45) is 5.73 Å². The second-order valence-corrected chi connectivity index (χ2v) is 4.84. The SMILES string of the molecule is NC(=O)CSCCCS(=O)(=O)O. The maximum Gasteiger partial charge on any atom is 0.264 e. The molecule has 0 aromatic heterocycles. The third-order valence-electron chi connectivity index (χ3n) is 0.935. The van der Waals surface area contributed by atoms with Crippen LogP contribution in [0.2, 0.25) is 0 Å². The molecule has 0 aliphatic rings. The van der Waals surface area contributed by atoms with Gasteiger partial charge in [0.2, 0.25) is 5.91 Å². The minimum Gasteiger partial charge on any atom is -0.369 e. The number of hydrogen-bond donors (Lipinski definition) is 2. The lowest BCUT2D eigenvalue weighted by atomic mass is 10.6. The molecule has 5 nitrogen and oxygen atoms in total. The van der Waals surface area contributed by atoms with Crippen molar-refractivity contribution in [3.05, 3.63) is 0 Å². The number of rotatable bonds is 6. The summed E-state index contributed by atoms with van der Waals surface area (Å²) in [6, 6.07) is 0. The molecular weight excluding hydrogens is 202 g/mol. The highest BCUT2D eigenvalue weighted by atomic mass is 32.2. The first-order valence-corrected chi connectivity index (χ1v) is 5.99. The smallest absolute Gasteiger partial charge is 0.264 e. The Kier molecular flexibility index (Phi) is 5.27. The molecule has 0 aliphatic carbocycles.